The van der Waals surface area contributed by atoms with Crippen molar-refractivity contribution < 1.29 is 18.4 Å². The summed E-state index contributed by atoms with van der Waals surface area (Å²) in [7, 11) is 0. The van der Waals surface area contributed by atoms with E-state index >= 15 is 0 Å². The molecule has 2 heterocycles. The topological polar surface area (TPSA) is 116 Å². The first-order chi connectivity index (χ1) is 12.5. The Morgan fingerprint density at radius 1 is 1.08 bits per heavy atom. The number of carbonyl (C=O) groups is 2. The number of aromatic nitrogens is 2. The largest absolute Gasteiger partial charge is 0.337 e. The molecule has 138 valence electrons. The third-order valence-corrected chi connectivity index (χ3v) is 4.90. The summed E-state index contributed by atoms with van der Waals surface area (Å²) >= 11 is -1.02. The standard InChI is InChI=1S/C15H17N5O4S2/c21-14(11-2-4-12(5-3-11)17-26(23)24)19-6-1-7-20(9-8-19)15(22)13-10-25-18-16-13/h2-5,10,17H,1,6-9H2,(H,23,24). The van der Waals surface area contributed by atoms with E-state index in [1.807, 2.05) is 0 Å². The van der Waals surface area contributed by atoms with Gasteiger partial charge in [0.15, 0.2) is 5.69 Å². The molecular weight excluding hydrogens is 378 g/mol. The average molecular weight is 395 g/mol. The molecule has 0 aliphatic carbocycles. The van der Waals surface area contributed by atoms with Crippen LogP contribution in [0.3, 0.4) is 0 Å². The second-order valence-electron chi connectivity index (χ2n) is 5.66. The molecule has 26 heavy (non-hydrogen) atoms. The highest BCUT2D eigenvalue weighted by molar-refractivity contribution is 7.80. The van der Waals surface area contributed by atoms with Gasteiger partial charge >= 0.3 is 0 Å². The van der Waals surface area contributed by atoms with Gasteiger partial charge in [-0.05, 0) is 42.2 Å². The van der Waals surface area contributed by atoms with Crippen molar-refractivity contribution in [1.82, 2.24) is 19.4 Å². The molecule has 1 aromatic carbocycles. The third kappa shape index (κ3) is 4.42. The highest BCUT2D eigenvalue weighted by atomic mass is 32.2. The summed E-state index contributed by atoms with van der Waals surface area (Å²) in [6.07, 6.45) is 0.679. The normalized spacial score (nSPS) is 16.0. The lowest BCUT2D eigenvalue weighted by atomic mass is 10.2. The predicted molar refractivity (Wildman–Crippen MR) is 97.2 cm³/mol. The van der Waals surface area contributed by atoms with E-state index < -0.39 is 11.3 Å². The number of benzene rings is 1. The van der Waals surface area contributed by atoms with Gasteiger partial charge in [0.1, 0.15) is 0 Å². The average Bonchev–Trinajstić information content (AvgIpc) is 3.05. The zero-order valence-corrected chi connectivity index (χ0v) is 15.3. The molecule has 0 radical (unpaired) electrons. The molecule has 1 unspecified atom stereocenters. The van der Waals surface area contributed by atoms with Gasteiger partial charge in [-0.25, -0.2) is 4.21 Å². The lowest BCUT2D eigenvalue weighted by Gasteiger charge is -2.21. The number of nitrogens with zero attached hydrogens (tertiary/aromatic N) is 4. The van der Waals surface area contributed by atoms with Crippen LogP contribution in [0.4, 0.5) is 5.69 Å². The molecule has 0 bridgehead atoms. The maximum absolute atomic E-state index is 12.7. The molecule has 1 aliphatic rings. The van der Waals surface area contributed by atoms with Gasteiger partial charge < -0.3 is 9.80 Å². The summed E-state index contributed by atoms with van der Waals surface area (Å²) in [6.45, 7) is 1.98. The van der Waals surface area contributed by atoms with Gasteiger partial charge in [0.05, 0.1) is 0 Å². The minimum Gasteiger partial charge on any atom is -0.337 e. The van der Waals surface area contributed by atoms with Crippen LogP contribution in [-0.2, 0) is 11.3 Å². The monoisotopic (exact) mass is 395 g/mol. The Kier molecular flexibility index (Phi) is 5.91. The van der Waals surface area contributed by atoms with E-state index in [9.17, 15) is 13.8 Å². The number of carbonyl (C=O) groups excluding carboxylic acids is 2. The molecule has 2 aromatic rings. The van der Waals surface area contributed by atoms with Gasteiger partial charge in [0, 0.05) is 42.8 Å². The van der Waals surface area contributed by atoms with Crippen LogP contribution in [0.15, 0.2) is 29.6 Å². The molecule has 2 N–H and O–H groups in total. The molecule has 1 aliphatic heterocycles. The van der Waals surface area contributed by atoms with Gasteiger partial charge in [-0.2, -0.15) is 0 Å². The van der Waals surface area contributed by atoms with Crippen molar-refractivity contribution in [3.05, 3.63) is 40.9 Å². The van der Waals surface area contributed by atoms with Crippen molar-refractivity contribution in [2.75, 3.05) is 30.9 Å². The number of nitrogens with one attached hydrogen (secondary N) is 1. The number of amides is 2. The SMILES string of the molecule is O=C(c1ccc(NS(=O)O)cc1)N1CCCN(C(=O)c2csnn2)CC1. The van der Waals surface area contributed by atoms with Crippen LogP contribution in [0.25, 0.3) is 0 Å². The van der Waals surface area contributed by atoms with Crippen molar-refractivity contribution >= 4 is 40.3 Å². The Balaban J connectivity index is 1.62. The molecule has 0 spiro atoms. The fourth-order valence-electron chi connectivity index (χ4n) is 2.71. The third-order valence-electron chi connectivity index (χ3n) is 3.99. The summed E-state index contributed by atoms with van der Waals surface area (Å²) in [5, 5.41) is 5.42. The van der Waals surface area contributed by atoms with E-state index in [4.69, 9.17) is 4.55 Å². The summed E-state index contributed by atoms with van der Waals surface area (Å²) in [5.41, 5.74) is 1.27. The van der Waals surface area contributed by atoms with Crippen molar-refractivity contribution in [3.63, 3.8) is 0 Å². The van der Waals surface area contributed by atoms with Crippen molar-refractivity contribution in [1.29, 1.82) is 0 Å². The zero-order chi connectivity index (χ0) is 18.5. The molecule has 2 amide bonds. The predicted octanol–water partition coefficient (Wildman–Crippen LogP) is 1.07. The lowest BCUT2D eigenvalue weighted by molar-refractivity contribution is 0.0715. The van der Waals surface area contributed by atoms with Gasteiger partial charge in [0.25, 0.3) is 23.1 Å². The molecule has 0 saturated carbocycles. The highest BCUT2D eigenvalue weighted by Crippen LogP contribution is 2.14. The first kappa shape index (κ1) is 18.4. The first-order valence-electron chi connectivity index (χ1n) is 7.88. The smallest absolute Gasteiger partial charge is 0.275 e. The number of rotatable bonds is 4. The molecule has 1 saturated heterocycles. The Morgan fingerprint density at radius 3 is 2.31 bits per heavy atom. The molecule has 1 aromatic heterocycles. The van der Waals surface area contributed by atoms with Gasteiger partial charge in [-0.1, -0.05) is 4.49 Å². The van der Waals surface area contributed by atoms with Crippen LogP contribution in [0.5, 0.6) is 0 Å². The molecule has 1 fully saturated rings. The van der Waals surface area contributed by atoms with E-state index in [1.54, 1.807) is 39.4 Å². The Morgan fingerprint density at radius 2 is 1.73 bits per heavy atom. The van der Waals surface area contributed by atoms with Crippen LogP contribution in [0.1, 0.15) is 27.3 Å². The molecule has 1 atom stereocenters. The lowest BCUT2D eigenvalue weighted by Crippen LogP contribution is -2.37. The Labute approximate surface area is 156 Å². The second kappa shape index (κ2) is 8.34. The van der Waals surface area contributed by atoms with Crippen molar-refractivity contribution in [3.8, 4) is 0 Å². The number of hydrogen-bond donors (Lipinski definition) is 2. The molecular formula is C15H17N5O4S2. The number of hydrogen-bond acceptors (Lipinski definition) is 6. The fraction of sp³-hybridized carbons (Fsp3) is 0.333. The Bertz CT molecular complexity index is 797. The van der Waals surface area contributed by atoms with Crippen LogP contribution in [0, 0.1) is 0 Å². The maximum atomic E-state index is 12.7. The van der Waals surface area contributed by atoms with Gasteiger partial charge in [-0.3, -0.25) is 18.9 Å². The minimum atomic E-state index is -2.15. The summed E-state index contributed by atoms with van der Waals surface area (Å²) in [6, 6.07) is 6.35. The van der Waals surface area contributed by atoms with E-state index in [0.29, 0.717) is 49.5 Å². The van der Waals surface area contributed by atoms with E-state index in [2.05, 4.69) is 14.3 Å². The van der Waals surface area contributed by atoms with Crippen molar-refractivity contribution in [2.24, 2.45) is 0 Å². The zero-order valence-electron chi connectivity index (χ0n) is 13.7. The van der Waals surface area contributed by atoms with Gasteiger partial charge in [0.2, 0.25) is 0 Å². The number of anilines is 1. The van der Waals surface area contributed by atoms with Crippen molar-refractivity contribution in [2.45, 2.75) is 6.42 Å². The Hall–Kier alpha value is -2.37. The molecule has 11 heteroatoms. The highest BCUT2D eigenvalue weighted by Gasteiger charge is 2.24. The molecule has 9 nitrogen and oxygen atoms in total. The summed E-state index contributed by atoms with van der Waals surface area (Å²) in [5.74, 6) is -0.299. The quantitative estimate of drug-likeness (QED) is 0.749. The van der Waals surface area contributed by atoms with Crippen LogP contribution >= 0.6 is 11.5 Å². The van der Waals surface area contributed by atoms with E-state index in [1.165, 1.54) is 0 Å². The fourth-order valence-corrected chi connectivity index (χ4v) is 3.48. The molecule has 3 rings (SSSR count). The maximum Gasteiger partial charge on any atom is 0.275 e. The second-order valence-corrected chi connectivity index (χ2v) is 6.97. The van der Waals surface area contributed by atoms with Crippen LogP contribution in [-0.4, -0.2) is 66.1 Å². The summed E-state index contributed by atoms with van der Waals surface area (Å²) < 4.78 is 25.6. The van der Waals surface area contributed by atoms with E-state index in [-0.39, 0.29) is 11.8 Å². The summed E-state index contributed by atoms with van der Waals surface area (Å²) in [4.78, 5) is 28.4. The van der Waals surface area contributed by atoms with Crippen LogP contribution in [0.2, 0.25) is 0 Å². The van der Waals surface area contributed by atoms with E-state index in [0.717, 1.165) is 11.5 Å². The van der Waals surface area contributed by atoms with Crippen LogP contribution < -0.4 is 4.72 Å². The first-order valence-corrected chi connectivity index (χ1v) is 9.82. The van der Waals surface area contributed by atoms with Gasteiger partial charge in [-0.15, -0.1) is 5.10 Å². The minimum absolute atomic E-state index is 0.133.